The summed E-state index contributed by atoms with van der Waals surface area (Å²) in [5.74, 6) is 0. The molecule has 15 heavy (non-hydrogen) atoms. The summed E-state index contributed by atoms with van der Waals surface area (Å²) in [5.41, 5.74) is 1.01. The molecule has 0 saturated carbocycles. The minimum absolute atomic E-state index is 0.148. The fraction of sp³-hybridized carbons (Fsp3) is 0.545. The fourth-order valence-corrected chi connectivity index (χ4v) is 1.71. The minimum Gasteiger partial charge on any atom is -0.376 e. The second-order valence-electron chi connectivity index (χ2n) is 3.52. The highest BCUT2D eigenvalue weighted by Gasteiger charge is 2.28. The largest absolute Gasteiger partial charge is 0.376 e. The van der Waals surface area contributed by atoms with Crippen LogP contribution in [0.25, 0.3) is 0 Å². The van der Waals surface area contributed by atoms with Crippen molar-refractivity contribution in [2.24, 2.45) is 0 Å². The molecule has 4 nitrogen and oxygen atoms in total. The van der Waals surface area contributed by atoms with Gasteiger partial charge in [0.15, 0.2) is 0 Å². The molecule has 1 fully saturated rings. The maximum atomic E-state index is 5.58. The third-order valence-corrected chi connectivity index (χ3v) is 2.42. The van der Waals surface area contributed by atoms with Crippen molar-refractivity contribution in [3.8, 4) is 0 Å². The van der Waals surface area contributed by atoms with Gasteiger partial charge in [0.1, 0.15) is 6.10 Å². The third kappa shape index (κ3) is 2.67. The Bertz CT molecular complexity index is 292. The standard InChI is InChI=1S/C11H16N2O2/c1-2-15-11-8-14-7-10(11)13-9-4-3-5-12-6-9/h3-6,10-11,13H,2,7-8H2,1H3. The number of hydrogen-bond acceptors (Lipinski definition) is 4. The van der Waals surface area contributed by atoms with Gasteiger partial charge in [0.05, 0.1) is 24.9 Å². The molecule has 2 atom stereocenters. The second kappa shape index (κ2) is 5.09. The molecule has 0 amide bonds. The van der Waals surface area contributed by atoms with Crippen LogP contribution in [0.4, 0.5) is 5.69 Å². The lowest BCUT2D eigenvalue weighted by molar-refractivity contribution is 0.0478. The summed E-state index contributed by atoms with van der Waals surface area (Å²) in [5, 5.41) is 3.36. The van der Waals surface area contributed by atoms with Gasteiger partial charge < -0.3 is 14.8 Å². The van der Waals surface area contributed by atoms with E-state index in [9.17, 15) is 0 Å². The van der Waals surface area contributed by atoms with E-state index in [0.29, 0.717) is 13.2 Å². The number of rotatable bonds is 4. The van der Waals surface area contributed by atoms with Crippen LogP contribution in [0.3, 0.4) is 0 Å². The summed E-state index contributed by atoms with van der Waals surface area (Å²) >= 11 is 0. The Labute approximate surface area is 89.6 Å². The van der Waals surface area contributed by atoms with Gasteiger partial charge in [0.2, 0.25) is 0 Å². The molecule has 2 heterocycles. The van der Waals surface area contributed by atoms with Gasteiger partial charge in [-0.1, -0.05) is 0 Å². The molecule has 2 unspecified atom stereocenters. The Morgan fingerprint density at radius 3 is 3.27 bits per heavy atom. The average molecular weight is 208 g/mol. The van der Waals surface area contributed by atoms with E-state index in [1.807, 2.05) is 19.1 Å². The van der Waals surface area contributed by atoms with E-state index in [4.69, 9.17) is 9.47 Å². The molecule has 0 spiro atoms. The van der Waals surface area contributed by atoms with E-state index in [0.717, 1.165) is 12.3 Å². The van der Waals surface area contributed by atoms with E-state index in [1.54, 1.807) is 12.4 Å². The first-order valence-corrected chi connectivity index (χ1v) is 5.26. The van der Waals surface area contributed by atoms with Crippen LogP contribution in [0.2, 0.25) is 0 Å². The van der Waals surface area contributed by atoms with Gasteiger partial charge in [0.25, 0.3) is 0 Å². The molecule has 0 bridgehead atoms. The third-order valence-electron chi connectivity index (χ3n) is 2.42. The molecule has 1 aromatic heterocycles. The highest BCUT2D eigenvalue weighted by Crippen LogP contribution is 2.15. The summed E-state index contributed by atoms with van der Waals surface area (Å²) in [7, 11) is 0. The summed E-state index contributed by atoms with van der Waals surface area (Å²) in [6, 6.07) is 4.14. The van der Waals surface area contributed by atoms with Crippen LogP contribution in [0.5, 0.6) is 0 Å². The van der Waals surface area contributed by atoms with Crippen LogP contribution in [0.15, 0.2) is 24.5 Å². The first-order valence-electron chi connectivity index (χ1n) is 5.26. The number of aromatic nitrogens is 1. The smallest absolute Gasteiger partial charge is 0.103 e. The topological polar surface area (TPSA) is 43.4 Å². The molecule has 1 aliphatic rings. The second-order valence-corrected chi connectivity index (χ2v) is 3.52. The van der Waals surface area contributed by atoms with Crippen LogP contribution in [0, 0.1) is 0 Å². The van der Waals surface area contributed by atoms with E-state index in [-0.39, 0.29) is 12.1 Å². The normalized spacial score (nSPS) is 25.4. The molecule has 0 aliphatic carbocycles. The average Bonchev–Trinajstić information content (AvgIpc) is 2.68. The van der Waals surface area contributed by atoms with Crippen molar-refractivity contribution < 1.29 is 9.47 Å². The Hall–Kier alpha value is -1.13. The van der Waals surface area contributed by atoms with E-state index >= 15 is 0 Å². The molecule has 0 aromatic carbocycles. The molecular formula is C11H16N2O2. The number of nitrogens with one attached hydrogen (secondary N) is 1. The van der Waals surface area contributed by atoms with Gasteiger partial charge in [-0.05, 0) is 19.1 Å². The highest BCUT2D eigenvalue weighted by molar-refractivity contribution is 5.41. The molecule has 1 N–H and O–H groups in total. The highest BCUT2D eigenvalue weighted by atomic mass is 16.5. The Morgan fingerprint density at radius 1 is 1.60 bits per heavy atom. The lowest BCUT2D eigenvalue weighted by atomic mass is 10.2. The Kier molecular flexibility index (Phi) is 3.53. The Morgan fingerprint density at radius 2 is 2.53 bits per heavy atom. The number of pyridine rings is 1. The number of ether oxygens (including phenoxy) is 2. The van der Waals surface area contributed by atoms with E-state index in [2.05, 4.69) is 10.3 Å². The molecule has 1 saturated heterocycles. The predicted octanol–water partition coefficient (Wildman–Crippen LogP) is 1.30. The van der Waals surface area contributed by atoms with Crippen LogP contribution in [-0.4, -0.2) is 37.0 Å². The monoisotopic (exact) mass is 208 g/mol. The van der Waals surface area contributed by atoms with E-state index < -0.39 is 0 Å². The maximum absolute atomic E-state index is 5.58. The molecule has 82 valence electrons. The first kappa shape index (κ1) is 10.4. The number of hydrogen-bond donors (Lipinski definition) is 1. The lowest BCUT2D eigenvalue weighted by Crippen LogP contribution is -2.34. The van der Waals surface area contributed by atoms with Gasteiger partial charge in [-0.2, -0.15) is 0 Å². The van der Waals surface area contributed by atoms with Crippen molar-refractivity contribution in [3.63, 3.8) is 0 Å². The van der Waals surface area contributed by atoms with Crippen molar-refractivity contribution in [1.29, 1.82) is 0 Å². The molecule has 1 aliphatic heterocycles. The molecule has 0 radical (unpaired) electrons. The van der Waals surface area contributed by atoms with Gasteiger partial charge >= 0.3 is 0 Å². The lowest BCUT2D eigenvalue weighted by Gasteiger charge is -2.19. The summed E-state index contributed by atoms with van der Waals surface area (Å²) in [6.45, 7) is 4.09. The van der Waals surface area contributed by atoms with Gasteiger partial charge in [-0.15, -0.1) is 0 Å². The van der Waals surface area contributed by atoms with Gasteiger partial charge in [-0.25, -0.2) is 0 Å². The molecule has 1 aromatic rings. The van der Waals surface area contributed by atoms with Crippen LogP contribution < -0.4 is 5.32 Å². The van der Waals surface area contributed by atoms with Gasteiger partial charge in [-0.3, -0.25) is 4.98 Å². The van der Waals surface area contributed by atoms with Crippen molar-refractivity contribution >= 4 is 5.69 Å². The van der Waals surface area contributed by atoms with Crippen LogP contribution in [-0.2, 0) is 9.47 Å². The molecule has 2 rings (SSSR count). The van der Waals surface area contributed by atoms with Crippen molar-refractivity contribution in [3.05, 3.63) is 24.5 Å². The number of anilines is 1. The van der Waals surface area contributed by atoms with Crippen molar-refractivity contribution in [2.75, 3.05) is 25.1 Å². The summed E-state index contributed by atoms with van der Waals surface area (Å²) in [4.78, 5) is 4.05. The summed E-state index contributed by atoms with van der Waals surface area (Å²) in [6.07, 6.45) is 3.72. The number of nitrogens with zero attached hydrogens (tertiary/aromatic N) is 1. The van der Waals surface area contributed by atoms with Crippen LogP contribution in [0.1, 0.15) is 6.92 Å². The SMILES string of the molecule is CCOC1COCC1Nc1cccnc1. The Balaban J connectivity index is 1.93. The predicted molar refractivity (Wildman–Crippen MR) is 57.9 cm³/mol. The van der Waals surface area contributed by atoms with Crippen LogP contribution >= 0.6 is 0 Å². The maximum Gasteiger partial charge on any atom is 0.103 e. The zero-order valence-corrected chi connectivity index (χ0v) is 8.85. The minimum atomic E-state index is 0.148. The molecule has 4 heteroatoms. The first-order chi connectivity index (χ1) is 7.40. The molecular weight excluding hydrogens is 192 g/mol. The summed E-state index contributed by atoms with van der Waals surface area (Å²) < 4.78 is 11.0. The zero-order valence-electron chi connectivity index (χ0n) is 8.85. The van der Waals surface area contributed by atoms with Crippen molar-refractivity contribution in [1.82, 2.24) is 4.98 Å². The van der Waals surface area contributed by atoms with E-state index in [1.165, 1.54) is 0 Å². The van der Waals surface area contributed by atoms with Gasteiger partial charge in [0, 0.05) is 19.0 Å². The zero-order chi connectivity index (χ0) is 10.5. The van der Waals surface area contributed by atoms with Crippen molar-refractivity contribution in [2.45, 2.75) is 19.1 Å². The quantitative estimate of drug-likeness (QED) is 0.810. The fourth-order valence-electron chi connectivity index (χ4n) is 1.71.